The van der Waals surface area contributed by atoms with Gasteiger partial charge in [0, 0.05) is 12.5 Å². The van der Waals surface area contributed by atoms with Crippen LogP contribution in [0.2, 0.25) is 0 Å². The predicted octanol–water partition coefficient (Wildman–Crippen LogP) is 4.43. The highest BCUT2D eigenvalue weighted by Crippen LogP contribution is 2.10. The van der Waals surface area contributed by atoms with Crippen molar-refractivity contribution in [3.63, 3.8) is 0 Å². The molecule has 0 heterocycles. The predicted molar refractivity (Wildman–Crippen MR) is 90.3 cm³/mol. The van der Waals surface area contributed by atoms with E-state index in [-0.39, 0.29) is 11.8 Å². The quantitative estimate of drug-likeness (QED) is 0.466. The van der Waals surface area contributed by atoms with Crippen LogP contribution in [-0.2, 0) is 4.79 Å². The Kier molecular flexibility index (Phi) is 14.0. The number of aliphatic hydroxyl groups is 1. The van der Waals surface area contributed by atoms with Crippen LogP contribution in [0.1, 0.15) is 91.4 Å². The van der Waals surface area contributed by atoms with Crippen molar-refractivity contribution in [2.24, 2.45) is 5.92 Å². The van der Waals surface area contributed by atoms with E-state index < -0.39 is 6.10 Å². The second kappa shape index (κ2) is 14.4. The Morgan fingerprint density at radius 2 is 1.38 bits per heavy atom. The fourth-order valence-corrected chi connectivity index (χ4v) is 2.62. The zero-order chi connectivity index (χ0) is 15.9. The summed E-state index contributed by atoms with van der Waals surface area (Å²) in [5, 5.41) is 12.2. The molecule has 0 bridgehead atoms. The van der Waals surface area contributed by atoms with Crippen LogP contribution in [0, 0.1) is 5.92 Å². The van der Waals surface area contributed by atoms with E-state index in [9.17, 15) is 9.90 Å². The minimum Gasteiger partial charge on any atom is -0.393 e. The standard InChI is InChI=1S/C18H37NO2/c1-4-5-6-7-8-9-10-11-12-13-14-19-18(21)16(2)15-17(3)20/h16-17,20H,4-15H2,1-3H3,(H,19,21). The molecule has 126 valence electrons. The number of aliphatic hydroxyl groups excluding tert-OH is 1. The average Bonchev–Trinajstić information content (AvgIpc) is 2.43. The number of nitrogens with one attached hydrogen (secondary N) is 1. The normalized spacial score (nSPS) is 13.9. The summed E-state index contributed by atoms with van der Waals surface area (Å²) in [7, 11) is 0. The van der Waals surface area contributed by atoms with Crippen LogP contribution < -0.4 is 5.32 Å². The number of hydrogen-bond donors (Lipinski definition) is 2. The summed E-state index contributed by atoms with van der Waals surface area (Å²) in [5.41, 5.74) is 0. The highest BCUT2D eigenvalue weighted by Gasteiger charge is 2.14. The van der Waals surface area contributed by atoms with Crippen molar-refractivity contribution in [1.82, 2.24) is 5.32 Å². The molecule has 1 amide bonds. The SMILES string of the molecule is CCCCCCCCCCCCNC(=O)C(C)CC(C)O. The summed E-state index contributed by atoms with van der Waals surface area (Å²) < 4.78 is 0. The van der Waals surface area contributed by atoms with Gasteiger partial charge in [-0.2, -0.15) is 0 Å². The summed E-state index contributed by atoms with van der Waals surface area (Å²) in [6.45, 7) is 6.63. The van der Waals surface area contributed by atoms with E-state index in [1.807, 2.05) is 6.92 Å². The number of hydrogen-bond acceptors (Lipinski definition) is 2. The Bertz CT molecular complexity index is 241. The fourth-order valence-electron chi connectivity index (χ4n) is 2.62. The van der Waals surface area contributed by atoms with Gasteiger partial charge in [-0.1, -0.05) is 71.6 Å². The van der Waals surface area contributed by atoms with E-state index in [2.05, 4.69) is 12.2 Å². The lowest BCUT2D eigenvalue weighted by atomic mass is 10.0. The molecule has 21 heavy (non-hydrogen) atoms. The summed E-state index contributed by atoms with van der Waals surface area (Å²) >= 11 is 0. The van der Waals surface area contributed by atoms with Crippen LogP contribution in [0.4, 0.5) is 0 Å². The maximum absolute atomic E-state index is 11.7. The first-order valence-electron chi connectivity index (χ1n) is 9.03. The molecule has 2 unspecified atom stereocenters. The zero-order valence-corrected chi connectivity index (χ0v) is 14.5. The van der Waals surface area contributed by atoms with Gasteiger partial charge in [0.1, 0.15) is 0 Å². The molecule has 0 spiro atoms. The molecule has 0 saturated heterocycles. The molecule has 3 heteroatoms. The van der Waals surface area contributed by atoms with E-state index >= 15 is 0 Å². The summed E-state index contributed by atoms with van der Waals surface area (Å²) in [6, 6.07) is 0. The Morgan fingerprint density at radius 1 is 0.905 bits per heavy atom. The van der Waals surface area contributed by atoms with Crippen LogP contribution in [0.3, 0.4) is 0 Å². The van der Waals surface area contributed by atoms with E-state index in [1.54, 1.807) is 6.92 Å². The minimum atomic E-state index is -0.400. The van der Waals surface area contributed by atoms with Gasteiger partial charge in [-0.15, -0.1) is 0 Å². The lowest BCUT2D eigenvalue weighted by Gasteiger charge is -2.13. The molecular weight excluding hydrogens is 262 g/mol. The molecule has 0 aromatic carbocycles. The van der Waals surface area contributed by atoms with Gasteiger partial charge in [-0.05, 0) is 19.8 Å². The summed E-state index contributed by atoms with van der Waals surface area (Å²) in [4.78, 5) is 11.7. The van der Waals surface area contributed by atoms with Crippen molar-refractivity contribution in [2.75, 3.05) is 6.54 Å². The monoisotopic (exact) mass is 299 g/mol. The highest BCUT2D eigenvalue weighted by molar-refractivity contribution is 5.78. The lowest BCUT2D eigenvalue weighted by Crippen LogP contribution is -2.31. The van der Waals surface area contributed by atoms with Gasteiger partial charge in [-0.3, -0.25) is 4.79 Å². The zero-order valence-electron chi connectivity index (χ0n) is 14.5. The number of rotatable bonds is 14. The topological polar surface area (TPSA) is 49.3 Å². The molecule has 0 rings (SSSR count). The Labute approximate surface area is 131 Å². The van der Waals surface area contributed by atoms with Gasteiger partial charge >= 0.3 is 0 Å². The second-order valence-corrected chi connectivity index (χ2v) is 6.46. The Morgan fingerprint density at radius 3 is 1.86 bits per heavy atom. The first-order valence-corrected chi connectivity index (χ1v) is 9.03. The maximum atomic E-state index is 11.7. The van der Waals surface area contributed by atoms with Crippen molar-refractivity contribution in [3.05, 3.63) is 0 Å². The number of unbranched alkanes of at least 4 members (excludes halogenated alkanes) is 9. The largest absolute Gasteiger partial charge is 0.393 e. The van der Waals surface area contributed by atoms with Crippen LogP contribution in [0.25, 0.3) is 0 Å². The Balaban J connectivity index is 3.26. The first kappa shape index (κ1) is 20.4. The minimum absolute atomic E-state index is 0.0758. The number of carbonyl (C=O) groups is 1. The number of carbonyl (C=O) groups excluding carboxylic acids is 1. The van der Waals surface area contributed by atoms with Crippen molar-refractivity contribution < 1.29 is 9.90 Å². The molecule has 3 nitrogen and oxygen atoms in total. The first-order chi connectivity index (χ1) is 10.1. The molecule has 0 aromatic rings. The van der Waals surface area contributed by atoms with Crippen molar-refractivity contribution in [2.45, 2.75) is 97.5 Å². The molecular formula is C18H37NO2. The van der Waals surface area contributed by atoms with Crippen molar-refractivity contribution in [1.29, 1.82) is 0 Å². The lowest BCUT2D eigenvalue weighted by molar-refractivity contribution is -0.125. The Hall–Kier alpha value is -0.570. The molecule has 0 aliphatic rings. The molecule has 2 atom stereocenters. The van der Waals surface area contributed by atoms with Gasteiger partial charge < -0.3 is 10.4 Å². The van der Waals surface area contributed by atoms with Gasteiger partial charge in [0.05, 0.1) is 6.10 Å². The van der Waals surface area contributed by atoms with Crippen LogP contribution in [0.15, 0.2) is 0 Å². The molecule has 0 fully saturated rings. The van der Waals surface area contributed by atoms with E-state index in [0.29, 0.717) is 6.42 Å². The van der Waals surface area contributed by atoms with E-state index in [4.69, 9.17) is 0 Å². The van der Waals surface area contributed by atoms with E-state index in [1.165, 1.54) is 57.8 Å². The smallest absolute Gasteiger partial charge is 0.222 e. The molecule has 2 N–H and O–H groups in total. The summed E-state index contributed by atoms with van der Waals surface area (Å²) in [5.74, 6) is -0.0139. The second-order valence-electron chi connectivity index (χ2n) is 6.46. The molecule has 0 aliphatic heterocycles. The average molecular weight is 299 g/mol. The number of amides is 1. The third kappa shape index (κ3) is 14.1. The maximum Gasteiger partial charge on any atom is 0.222 e. The third-order valence-electron chi connectivity index (χ3n) is 3.97. The van der Waals surface area contributed by atoms with Gasteiger partial charge in [0.2, 0.25) is 5.91 Å². The fraction of sp³-hybridized carbons (Fsp3) is 0.944. The molecule has 0 aliphatic carbocycles. The molecule has 0 saturated carbocycles. The highest BCUT2D eigenvalue weighted by atomic mass is 16.3. The van der Waals surface area contributed by atoms with E-state index in [0.717, 1.165) is 13.0 Å². The van der Waals surface area contributed by atoms with Gasteiger partial charge in [-0.25, -0.2) is 0 Å². The van der Waals surface area contributed by atoms with Crippen LogP contribution >= 0.6 is 0 Å². The third-order valence-corrected chi connectivity index (χ3v) is 3.97. The van der Waals surface area contributed by atoms with Gasteiger partial charge in [0.25, 0.3) is 0 Å². The van der Waals surface area contributed by atoms with Crippen LogP contribution in [-0.4, -0.2) is 23.7 Å². The molecule has 0 aromatic heterocycles. The van der Waals surface area contributed by atoms with Crippen molar-refractivity contribution >= 4 is 5.91 Å². The van der Waals surface area contributed by atoms with Gasteiger partial charge in [0.15, 0.2) is 0 Å². The van der Waals surface area contributed by atoms with Crippen molar-refractivity contribution in [3.8, 4) is 0 Å². The summed E-state index contributed by atoms with van der Waals surface area (Å²) in [6.07, 6.45) is 13.3. The van der Waals surface area contributed by atoms with Crippen LogP contribution in [0.5, 0.6) is 0 Å². The molecule has 0 radical (unpaired) electrons.